The minimum atomic E-state index is -0.399. The lowest BCUT2D eigenvalue weighted by Crippen LogP contribution is -2.42. The number of hydrogen-bond donors (Lipinski definition) is 1. The van der Waals surface area contributed by atoms with E-state index in [1.807, 2.05) is 25.7 Å². The van der Waals surface area contributed by atoms with Crippen molar-refractivity contribution < 1.29 is 9.53 Å². The zero-order valence-corrected chi connectivity index (χ0v) is 14.4. The highest BCUT2D eigenvalue weighted by Crippen LogP contribution is 2.44. The largest absolute Gasteiger partial charge is 0.444 e. The molecule has 1 N–H and O–H groups in total. The van der Waals surface area contributed by atoms with Crippen LogP contribution in [0.3, 0.4) is 0 Å². The molecule has 22 heavy (non-hydrogen) atoms. The SMILES string of the molecule is CC(C)(C)OC(=O)N1CCCC(NC2CC3CCC2C3)CC1. The molecule has 4 atom stereocenters. The summed E-state index contributed by atoms with van der Waals surface area (Å²) < 4.78 is 5.51. The van der Waals surface area contributed by atoms with Gasteiger partial charge in [-0.15, -0.1) is 0 Å². The van der Waals surface area contributed by atoms with Crippen molar-refractivity contribution in [3.05, 3.63) is 0 Å². The first kappa shape index (κ1) is 16.1. The summed E-state index contributed by atoms with van der Waals surface area (Å²) in [6, 6.07) is 1.33. The van der Waals surface area contributed by atoms with Crippen LogP contribution in [0.2, 0.25) is 0 Å². The molecule has 4 heteroatoms. The smallest absolute Gasteiger partial charge is 0.410 e. The van der Waals surface area contributed by atoms with Crippen LogP contribution < -0.4 is 5.32 Å². The molecule has 0 aromatic heterocycles. The minimum Gasteiger partial charge on any atom is -0.444 e. The second-order valence-electron chi connectivity index (χ2n) is 8.54. The number of ether oxygens (including phenoxy) is 1. The van der Waals surface area contributed by atoms with E-state index in [9.17, 15) is 4.79 Å². The van der Waals surface area contributed by atoms with Gasteiger partial charge in [0.25, 0.3) is 0 Å². The summed E-state index contributed by atoms with van der Waals surface area (Å²) in [5.74, 6) is 1.92. The molecule has 2 bridgehead atoms. The van der Waals surface area contributed by atoms with E-state index in [-0.39, 0.29) is 6.09 Å². The van der Waals surface area contributed by atoms with E-state index in [1.165, 1.54) is 32.1 Å². The maximum absolute atomic E-state index is 12.2. The molecule has 4 unspecified atom stereocenters. The van der Waals surface area contributed by atoms with Crippen LogP contribution in [0.15, 0.2) is 0 Å². The molecular formula is C18H32N2O2. The Labute approximate surface area is 135 Å². The molecule has 2 aliphatic carbocycles. The molecule has 1 saturated heterocycles. The summed E-state index contributed by atoms with van der Waals surface area (Å²) in [7, 11) is 0. The number of nitrogens with one attached hydrogen (secondary N) is 1. The molecule has 0 radical (unpaired) electrons. The zero-order valence-electron chi connectivity index (χ0n) is 14.4. The van der Waals surface area contributed by atoms with Gasteiger partial charge in [-0.25, -0.2) is 4.79 Å². The van der Waals surface area contributed by atoms with Crippen LogP contribution >= 0.6 is 0 Å². The number of fused-ring (bicyclic) bond motifs is 2. The normalized spacial score (nSPS) is 35.5. The predicted octanol–water partition coefficient (Wildman–Crippen LogP) is 3.55. The van der Waals surface area contributed by atoms with E-state index >= 15 is 0 Å². The lowest BCUT2D eigenvalue weighted by Gasteiger charge is -2.28. The van der Waals surface area contributed by atoms with Gasteiger partial charge in [0, 0.05) is 25.2 Å². The van der Waals surface area contributed by atoms with Crippen LogP contribution in [-0.2, 0) is 4.74 Å². The molecule has 1 amide bonds. The van der Waals surface area contributed by atoms with Crippen LogP contribution in [-0.4, -0.2) is 41.8 Å². The number of amides is 1. The van der Waals surface area contributed by atoms with E-state index < -0.39 is 5.60 Å². The monoisotopic (exact) mass is 308 g/mol. The summed E-state index contributed by atoms with van der Waals surface area (Å²) >= 11 is 0. The van der Waals surface area contributed by atoms with E-state index in [0.29, 0.717) is 6.04 Å². The van der Waals surface area contributed by atoms with Crippen molar-refractivity contribution in [1.29, 1.82) is 0 Å². The van der Waals surface area contributed by atoms with Crippen molar-refractivity contribution in [3.8, 4) is 0 Å². The number of nitrogens with zero attached hydrogens (tertiary/aromatic N) is 1. The molecule has 126 valence electrons. The Balaban J connectivity index is 1.47. The molecule has 0 aromatic rings. The third kappa shape index (κ3) is 3.95. The van der Waals surface area contributed by atoms with Crippen LogP contribution in [0.5, 0.6) is 0 Å². The van der Waals surface area contributed by atoms with Crippen LogP contribution in [0.25, 0.3) is 0 Å². The highest BCUT2D eigenvalue weighted by molar-refractivity contribution is 5.68. The minimum absolute atomic E-state index is 0.145. The molecule has 1 aliphatic heterocycles. The first-order valence-electron chi connectivity index (χ1n) is 9.15. The molecule has 2 saturated carbocycles. The lowest BCUT2D eigenvalue weighted by atomic mass is 9.94. The summed E-state index contributed by atoms with van der Waals surface area (Å²) in [6.45, 7) is 7.46. The topological polar surface area (TPSA) is 41.6 Å². The second-order valence-corrected chi connectivity index (χ2v) is 8.54. The number of likely N-dealkylation sites (tertiary alicyclic amines) is 1. The van der Waals surface area contributed by atoms with Crippen molar-refractivity contribution in [3.63, 3.8) is 0 Å². The van der Waals surface area contributed by atoms with Crippen molar-refractivity contribution in [2.24, 2.45) is 11.8 Å². The fourth-order valence-electron chi connectivity index (χ4n) is 4.52. The Hall–Kier alpha value is -0.770. The maximum atomic E-state index is 12.2. The Morgan fingerprint density at radius 2 is 1.91 bits per heavy atom. The number of hydrogen-bond acceptors (Lipinski definition) is 3. The Bertz CT molecular complexity index is 404. The second kappa shape index (κ2) is 6.38. The highest BCUT2D eigenvalue weighted by Gasteiger charge is 2.40. The molecule has 1 heterocycles. The first-order valence-corrected chi connectivity index (χ1v) is 9.15. The molecule has 0 spiro atoms. The predicted molar refractivity (Wildman–Crippen MR) is 87.8 cm³/mol. The lowest BCUT2D eigenvalue weighted by molar-refractivity contribution is 0.0256. The summed E-state index contributed by atoms with van der Waals surface area (Å²) in [4.78, 5) is 14.1. The standard InChI is InChI=1S/C18H32N2O2/c1-18(2,3)22-17(21)20-9-4-5-15(8-10-20)19-16-12-13-6-7-14(16)11-13/h13-16,19H,4-12H2,1-3H3. The average molecular weight is 308 g/mol. The van der Waals surface area contributed by atoms with Gasteiger partial charge in [0.15, 0.2) is 0 Å². The van der Waals surface area contributed by atoms with Gasteiger partial charge in [0.1, 0.15) is 5.60 Å². The van der Waals surface area contributed by atoms with Gasteiger partial charge in [0.05, 0.1) is 0 Å². The van der Waals surface area contributed by atoms with Crippen molar-refractivity contribution in [2.45, 2.75) is 83.4 Å². The van der Waals surface area contributed by atoms with Crippen molar-refractivity contribution in [2.75, 3.05) is 13.1 Å². The summed E-state index contributed by atoms with van der Waals surface area (Å²) in [5.41, 5.74) is -0.399. The molecule has 4 nitrogen and oxygen atoms in total. The fraction of sp³-hybridized carbons (Fsp3) is 0.944. The molecular weight excluding hydrogens is 276 g/mol. The van der Waals surface area contributed by atoms with E-state index in [4.69, 9.17) is 4.74 Å². The molecule has 0 aromatic carbocycles. The molecule has 3 rings (SSSR count). The third-order valence-corrected chi connectivity index (χ3v) is 5.57. The fourth-order valence-corrected chi connectivity index (χ4v) is 4.52. The highest BCUT2D eigenvalue weighted by atomic mass is 16.6. The van der Waals surface area contributed by atoms with E-state index in [0.717, 1.165) is 43.8 Å². The average Bonchev–Trinajstić information content (AvgIpc) is 2.94. The Morgan fingerprint density at radius 1 is 1.09 bits per heavy atom. The van der Waals surface area contributed by atoms with Gasteiger partial charge in [0.2, 0.25) is 0 Å². The van der Waals surface area contributed by atoms with Crippen LogP contribution in [0, 0.1) is 11.8 Å². The van der Waals surface area contributed by atoms with Gasteiger partial charge < -0.3 is 15.0 Å². The van der Waals surface area contributed by atoms with Gasteiger partial charge in [-0.1, -0.05) is 6.42 Å². The van der Waals surface area contributed by atoms with E-state index in [1.54, 1.807) is 0 Å². The van der Waals surface area contributed by atoms with Gasteiger partial charge in [-0.05, 0) is 71.1 Å². The summed E-state index contributed by atoms with van der Waals surface area (Å²) in [6.07, 6.45) is 8.91. The zero-order chi connectivity index (χ0) is 15.7. The summed E-state index contributed by atoms with van der Waals surface area (Å²) in [5, 5.41) is 3.92. The molecule has 3 aliphatic rings. The van der Waals surface area contributed by atoms with Gasteiger partial charge in [-0.3, -0.25) is 0 Å². The van der Waals surface area contributed by atoms with Crippen molar-refractivity contribution in [1.82, 2.24) is 10.2 Å². The number of rotatable bonds is 2. The van der Waals surface area contributed by atoms with Gasteiger partial charge in [-0.2, -0.15) is 0 Å². The van der Waals surface area contributed by atoms with Gasteiger partial charge >= 0.3 is 6.09 Å². The van der Waals surface area contributed by atoms with Crippen molar-refractivity contribution >= 4 is 6.09 Å². The first-order chi connectivity index (χ1) is 10.4. The maximum Gasteiger partial charge on any atom is 0.410 e. The Kier molecular flexibility index (Phi) is 4.67. The van der Waals surface area contributed by atoms with Crippen LogP contribution in [0.1, 0.15) is 65.7 Å². The van der Waals surface area contributed by atoms with E-state index in [2.05, 4.69) is 5.32 Å². The Morgan fingerprint density at radius 3 is 2.55 bits per heavy atom. The number of carbonyl (C=O) groups excluding carboxylic acids is 1. The van der Waals surface area contributed by atoms with Crippen LogP contribution in [0.4, 0.5) is 4.79 Å². The quantitative estimate of drug-likeness (QED) is 0.848. The third-order valence-electron chi connectivity index (χ3n) is 5.57. The molecule has 3 fully saturated rings. The number of carbonyl (C=O) groups is 1.